The Kier molecular flexibility index (Phi) is 1.92. The largest absolute Gasteiger partial charge is 0.276 e. The summed E-state index contributed by atoms with van der Waals surface area (Å²) < 4.78 is 0. The van der Waals surface area contributed by atoms with Gasteiger partial charge < -0.3 is 0 Å². The lowest BCUT2D eigenvalue weighted by Crippen LogP contribution is -2.19. The molecule has 1 rings (SSSR count). The van der Waals surface area contributed by atoms with Gasteiger partial charge in [0.1, 0.15) is 0 Å². The first-order valence-corrected chi connectivity index (χ1v) is 2.97. The number of nitrogens with one attached hydrogen (secondary N) is 1. The van der Waals surface area contributed by atoms with E-state index in [0.717, 1.165) is 13.0 Å². The minimum absolute atomic E-state index is 0.622. The van der Waals surface area contributed by atoms with Crippen molar-refractivity contribution in [3.05, 3.63) is 12.3 Å². The van der Waals surface area contributed by atoms with E-state index in [2.05, 4.69) is 18.5 Å². The molecule has 2 nitrogen and oxygen atoms in total. The second-order valence-corrected chi connectivity index (χ2v) is 1.96. The molecule has 0 bridgehead atoms. The molecule has 46 valence electrons. The number of hydrogen-bond acceptors (Lipinski definition) is 2. The van der Waals surface area contributed by atoms with E-state index in [0.29, 0.717) is 5.92 Å². The molecule has 0 aromatic heterocycles. The van der Waals surface area contributed by atoms with Crippen LogP contribution in [-0.2, 0) is 4.84 Å². The van der Waals surface area contributed by atoms with E-state index in [4.69, 9.17) is 4.84 Å². The van der Waals surface area contributed by atoms with Crippen LogP contribution in [0.2, 0.25) is 0 Å². The predicted octanol–water partition coefficient (Wildman–Crippen LogP) is 1.06. The van der Waals surface area contributed by atoms with E-state index in [9.17, 15) is 0 Å². The zero-order valence-corrected chi connectivity index (χ0v) is 5.05. The Morgan fingerprint density at radius 3 is 3.12 bits per heavy atom. The zero-order valence-electron chi connectivity index (χ0n) is 5.05. The first-order chi connectivity index (χ1) is 3.93. The van der Waals surface area contributed by atoms with Crippen LogP contribution in [0.5, 0.6) is 0 Å². The van der Waals surface area contributed by atoms with Gasteiger partial charge in [-0.15, -0.1) is 0 Å². The summed E-state index contributed by atoms with van der Waals surface area (Å²) in [6.45, 7) is 2.97. The molecule has 1 unspecified atom stereocenters. The van der Waals surface area contributed by atoms with Crippen molar-refractivity contribution in [2.24, 2.45) is 5.92 Å². The van der Waals surface area contributed by atoms with Gasteiger partial charge in [-0.05, 0) is 6.42 Å². The van der Waals surface area contributed by atoms with Crippen molar-refractivity contribution in [1.29, 1.82) is 0 Å². The quantitative estimate of drug-likeness (QED) is 0.549. The summed E-state index contributed by atoms with van der Waals surface area (Å²) in [5, 5.41) is 0. The summed E-state index contributed by atoms with van der Waals surface area (Å²) in [6.07, 6.45) is 5.14. The van der Waals surface area contributed by atoms with Crippen LogP contribution in [0, 0.1) is 5.92 Å². The molecule has 0 radical (unpaired) electrons. The van der Waals surface area contributed by atoms with Crippen LogP contribution < -0.4 is 5.48 Å². The molecule has 0 fully saturated rings. The summed E-state index contributed by atoms with van der Waals surface area (Å²) in [7, 11) is 0. The summed E-state index contributed by atoms with van der Waals surface area (Å²) in [4.78, 5) is 4.94. The second kappa shape index (κ2) is 2.72. The third-order valence-electron chi connectivity index (χ3n) is 1.34. The van der Waals surface area contributed by atoms with Gasteiger partial charge >= 0.3 is 0 Å². The molecule has 0 aromatic carbocycles. The van der Waals surface area contributed by atoms with Crippen LogP contribution in [0.15, 0.2) is 12.3 Å². The lowest BCUT2D eigenvalue weighted by molar-refractivity contribution is 0.0407. The smallest absolute Gasteiger partial charge is 0.0808 e. The Hall–Kier alpha value is -0.500. The Balaban J connectivity index is 2.32. The van der Waals surface area contributed by atoms with Crippen LogP contribution in [0.4, 0.5) is 0 Å². The Bertz CT molecular complexity index is 90.5. The molecule has 0 aliphatic carbocycles. The number of rotatable bonds is 1. The predicted molar refractivity (Wildman–Crippen MR) is 32.0 cm³/mol. The molecular formula is C6H11NO. The standard InChI is InChI=1S/C6H11NO/c1-2-6-3-4-7-8-5-6/h3-4,6-7H,2,5H2,1H3. The average molecular weight is 113 g/mol. The minimum Gasteiger partial charge on any atom is -0.276 e. The Morgan fingerprint density at radius 1 is 1.88 bits per heavy atom. The van der Waals surface area contributed by atoms with E-state index < -0.39 is 0 Å². The van der Waals surface area contributed by atoms with Gasteiger partial charge in [0.05, 0.1) is 6.61 Å². The molecule has 0 saturated carbocycles. The van der Waals surface area contributed by atoms with Crippen LogP contribution in [0.1, 0.15) is 13.3 Å². The highest BCUT2D eigenvalue weighted by Crippen LogP contribution is 2.06. The lowest BCUT2D eigenvalue weighted by atomic mass is 10.1. The normalized spacial score (nSPS) is 27.4. The molecule has 0 amide bonds. The van der Waals surface area contributed by atoms with Crippen molar-refractivity contribution in [3.63, 3.8) is 0 Å². The van der Waals surface area contributed by atoms with Gasteiger partial charge in [-0.2, -0.15) is 0 Å². The van der Waals surface area contributed by atoms with Gasteiger partial charge in [-0.1, -0.05) is 13.0 Å². The van der Waals surface area contributed by atoms with Crippen molar-refractivity contribution < 1.29 is 4.84 Å². The maximum absolute atomic E-state index is 4.94. The molecule has 1 N–H and O–H groups in total. The van der Waals surface area contributed by atoms with E-state index in [-0.39, 0.29) is 0 Å². The highest BCUT2D eigenvalue weighted by molar-refractivity contribution is 4.86. The summed E-state index contributed by atoms with van der Waals surface area (Å²) in [6, 6.07) is 0. The van der Waals surface area contributed by atoms with Crippen molar-refractivity contribution in [1.82, 2.24) is 5.48 Å². The van der Waals surface area contributed by atoms with Crippen molar-refractivity contribution in [2.45, 2.75) is 13.3 Å². The van der Waals surface area contributed by atoms with Crippen LogP contribution in [0.3, 0.4) is 0 Å². The average Bonchev–Trinajstić information content (AvgIpc) is 1.90. The molecule has 1 atom stereocenters. The lowest BCUT2D eigenvalue weighted by Gasteiger charge is -2.14. The molecule has 1 aliphatic heterocycles. The highest BCUT2D eigenvalue weighted by Gasteiger charge is 2.03. The fourth-order valence-electron chi connectivity index (χ4n) is 0.688. The number of hydrogen-bond donors (Lipinski definition) is 1. The van der Waals surface area contributed by atoms with E-state index in [1.807, 2.05) is 6.20 Å². The maximum Gasteiger partial charge on any atom is 0.0808 e. The third-order valence-corrected chi connectivity index (χ3v) is 1.34. The minimum atomic E-state index is 0.622. The first-order valence-electron chi connectivity index (χ1n) is 2.97. The summed E-state index contributed by atoms with van der Waals surface area (Å²) >= 11 is 0. The molecule has 8 heavy (non-hydrogen) atoms. The van der Waals surface area contributed by atoms with Gasteiger partial charge in [-0.25, -0.2) is 0 Å². The molecule has 2 heteroatoms. The van der Waals surface area contributed by atoms with Crippen LogP contribution >= 0.6 is 0 Å². The van der Waals surface area contributed by atoms with Crippen LogP contribution in [-0.4, -0.2) is 6.61 Å². The van der Waals surface area contributed by atoms with Crippen molar-refractivity contribution >= 4 is 0 Å². The van der Waals surface area contributed by atoms with Crippen molar-refractivity contribution in [3.8, 4) is 0 Å². The van der Waals surface area contributed by atoms with Gasteiger partial charge in [0.25, 0.3) is 0 Å². The SMILES string of the molecule is CCC1C=CNOC1. The van der Waals surface area contributed by atoms with E-state index >= 15 is 0 Å². The van der Waals surface area contributed by atoms with E-state index in [1.54, 1.807) is 0 Å². The fraction of sp³-hybridized carbons (Fsp3) is 0.667. The maximum atomic E-state index is 4.94. The van der Waals surface area contributed by atoms with Gasteiger partial charge in [0, 0.05) is 12.1 Å². The molecule has 1 heterocycles. The summed E-state index contributed by atoms with van der Waals surface area (Å²) in [5.74, 6) is 0.622. The molecular weight excluding hydrogens is 102 g/mol. The van der Waals surface area contributed by atoms with Gasteiger partial charge in [0.2, 0.25) is 0 Å². The topological polar surface area (TPSA) is 21.3 Å². The molecule has 0 spiro atoms. The molecule has 0 aromatic rings. The molecule has 0 saturated heterocycles. The van der Waals surface area contributed by atoms with Crippen molar-refractivity contribution in [2.75, 3.05) is 6.61 Å². The van der Waals surface area contributed by atoms with Gasteiger partial charge in [0.15, 0.2) is 0 Å². The Morgan fingerprint density at radius 2 is 2.75 bits per heavy atom. The Labute approximate surface area is 49.5 Å². The second-order valence-electron chi connectivity index (χ2n) is 1.96. The van der Waals surface area contributed by atoms with E-state index in [1.165, 1.54) is 0 Å². The van der Waals surface area contributed by atoms with Gasteiger partial charge in [-0.3, -0.25) is 10.3 Å². The summed E-state index contributed by atoms with van der Waals surface area (Å²) in [5.41, 5.74) is 2.67. The third kappa shape index (κ3) is 1.23. The zero-order chi connectivity index (χ0) is 5.82. The first kappa shape index (κ1) is 5.63. The fourth-order valence-corrected chi connectivity index (χ4v) is 0.688. The molecule has 1 aliphatic rings. The monoisotopic (exact) mass is 113 g/mol. The highest BCUT2D eigenvalue weighted by atomic mass is 16.6. The number of hydroxylamine groups is 1. The van der Waals surface area contributed by atoms with Crippen LogP contribution in [0.25, 0.3) is 0 Å².